The molecule has 1 amide bonds. The summed E-state index contributed by atoms with van der Waals surface area (Å²) in [5.74, 6) is 0.745. The second-order valence-corrected chi connectivity index (χ2v) is 7.62. The number of amides is 1. The summed E-state index contributed by atoms with van der Waals surface area (Å²) in [4.78, 5) is 17.2. The fourth-order valence-electron chi connectivity index (χ4n) is 4.61. The van der Waals surface area contributed by atoms with Crippen LogP contribution in [0.25, 0.3) is 0 Å². The number of hydrogen-bond acceptors (Lipinski definition) is 4. The monoisotopic (exact) mass is 324 g/mol. The van der Waals surface area contributed by atoms with Crippen molar-refractivity contribution in [1.29, 1.82) is 0 Å². The Labute approximate surface area is 140 Å². The van der Waals surface area contributed by atoms with Crippen LogP contribution in [0.5, 0.6) is 0 Å². The van der Waals surface area contributed by atoms with Gasteiger partial charge < -0.3 is 14.7 Å². The predicted octanol–water partition coefficient (Wildman–Crippen LogP) is 1.64. The molecule has 0 radical (unpaired) electrons. The maximum atomic E-state index is 12.8. The van der Waals surface area contributed by atoms with Crippen molar-refractivity contribution in [3.63, 3.8) is 0 Å². The second kappa shape index (κ2) is 7.95. The zero-order valence-electron chi connectivity index (χ0n) is 14.5. The molecule has 1 heterocycles. The van der Waals surface area contributed by atoms with Crippen molar-refractivity contribution in [3.05, 3.63) is 0 Å². The molecule has 5 nitrogen and oxygen atoms in total. The highest BCUT2D eigenvalue weighted by Gasteiger charge is 2.37. The summed E-state index contributed by atoms with van der Waals surface area (Å²) in [6, 6.07) is 0.800. The lowest BCUT2D eigenvalue weighted by Crippen LogP contribution is -2.57. The minimum atomic E-state index is 0.270. The predicted molar refractivity (Wildman–Crippen MR) is 89.2 cm³/mol. The van der Waals surface area contributed by atoms with Crippen LogP contribution < -0.4 is 0 Å². The van der Waals surface area contributed by atoms with E-state index in [0.29, 0.717) is 37.8 Å². The highest BCUT2D eigenvalue weighted by Crippen LogP contribution is 2.29. The van der Waals surface area contributed by atoms with E-state index in [1.165, 1.54) is 12.8 Å². The number of carbonyl (C=O) groups excluding carboxylic acids is 1. The largest absolute Gasteiger partial charge is 0.396 e. The summed E-state index contributed by atoms with van der Waals surface area (Å²) in [6.45, 7) is 2.28. The first-order chi connectivity index (χ1) is 11.2. The standard InChI is InChI=1S/C18H32N2O3/c1-19(15-8-6-14(13-21)7-9-15)12-18(22)20-10-11-23-17-5-3-2-4-16(17)20/h14-17,21H,2-13H2,1H3. The number of morpholine rings is 1. The van der Waals surface area contributed by atoms with Crippen molar-refractivity contribution in [2.24, 2.45) is 5.92 Å². The molecule has 2 atom stereocenters. The summed E-state index contributed by atoms with van der Waals surface area (Å²) < 4.78 is 5.88. The molecule has 2 saturated carbocycles. The Morgan fingerprint density at radius 3 is 2.65 bits per heavy atom. The van der Waals surface area contributed by atoms with Crippen LogP contribution in [-0.2, 0) is 9.53 Å². The molecule has 0 aromatic heterocycles. The number of aliphatic hydroxyl groups is 1. The molecule has 1 aliphatic heterocycles. The van der Waals surface area contributed by atoms with Crippen molar-refractivity contribution < 1.29 is 14.6 Å². The van der Waals surface area contributed by atoms with Crippen molar-refractivity contribution in [2.45, 2.75) is 69.6 Å². The van der Waals surface area contributed by atoms with Crippen LogP contribution in [0, 0.1) is 5.92 Å². The first-order valence-corrected chi connectivity index (χ1v) is 9.41. The van der Waals surface area contributed by atoms with E-state index < -0.39 is 0 Å². The SMILES string of the molecule is CN(CC(=O)N1CCOC2CCCCC21)C1CCC(CO)CC1. The third-order valence-corrected chi connectivity index (χ3v) is 6.13. The Kier molecular flexibility index (Phi) is 5.94. The summed E-state index contributed by atoms with van der Waals surface area (Å²) in [7, 11) is 2.08. The van der Waals surface area contributed by atoms with Crippen LogP contribution >= 0.6 is 0 Å². The highest BCUT2D eigenvalue weighted by molar-refractivity contribution is 5.78. The second-order valence-electron chi connectivity index (χ2n) is 7.62. The molecule has 0 aromatic carbocycles. The molecule has 0 bridgehead atoms. The zero-order chi connectivity index (χ0) is 16.2. The number of carbonyl (C=O) groups is 1. The molecule has 5 heteroatoms. The molecular weight excluding hydrogens is 292 g/mol. The van der Waals surface area contributed by atoms with Crippen LogP contribution in [-0.4, -0.2) is 72.4 Å². The van der Waals surface area contributed by atoms with E-state index in [1.807, 2.05) is 0 Å². The normalized spacial score (nSPS) is 35.2. The number of nitrogens with zero attached hydrogens (tertiary/aromatic N) is 2. The van der Waals surface area contributed by atoms with Gasteiger partial charge in [0, 0.05) is 19.2 Å². The van der Waals surface area contributed by atoms with Crippen LogP contribution in [0.1, 0.15) is 51.4 Å². The van der Waals surface area contributed by atoms with Crippen molar-refractivity contribution in [3.8, 4) is 0 Å². The van der Waals surface area contributed by atoms with E-state index in [1.54, 1.807) is 0 Å². The average molecular weight is 324 g/mol. The van der Waals surface area contributed by atoms with Gasteiger partial charge in [-0.15, -0.1) is 0 Å². The molecule has 1 saturated heterocycles. The molecule has 23 heavy (non-hydrogen) atoms. The zero-order valence-corrected chi connectivity index (χ0v) is 14.5. The van der Waals surface area contributed by atoms with Crippen LogP contribution in [0.4, 0.5) is 0 Å². The Balaban J connectivity index is 1.51. The maximum Gasteiger partial charge on any atom is 0.237 e. The number of ether oxygens (including phenoxy) is 1. The molecule has 3 rings (SSSR count). The average Bonchev–Trinajstić information content (AvgIpc) is 2.61. The van der Waals surface area contributed by atoms with Crippen LogP contribution in [0.3, 0.4) is 0 Å². The Morgan fingerprint density at radius 1 is 1.17 bits per heavy atom. The number of likely N-dealkylation sites (N-methyl/N-ethyl adjacent to an activating group) is 1. The number of fused-ring (bicyclic) bond motifs is 1. The van der Waals surface area contributed by atoms with Gasteiger partial charge in [0.1, 0.15) is 0 Å². The molecule has 0 aromatic rings. The van der Waals surface area contributed by atoms with Gasteiger partial charge in [-0.2, -0.15) is 0 Å². The van der Waals surface area contributed by atoms with Gasteiger partial charge in [0.2, 0.25) is 5.91 Å². The Hall–Kier alpha value is -0.650. The van der Waals surface area contributed by atoms with Gasteiger partial charge >= 0.3 is 0 Å². The number of hydrogen-bond donors (Lipinski definition) is 1. The fraction of sp³-hybridized carbons (Fsp3) is 0.944. The van der Waals surface area contributed by atoms with Crippen molar-refractivity contribution in [1.82, 2.24) is 9.80 Å². The van der Waals surface area contributed by atoms with E-state index in [0.717, 1.165) is 45.1 Å². The quantitative estimate of drug-likeness (QED) is 0.854. The highest BCUT2D eigenvalue weighted by atomic mass is 16.5. The molecule has 132 valence electrons. The lowest BCUT2D eigenvalue weighted by atomic mass is 9.86. The van der Waals surface area contributed by atoms with E-state index in [4.69, 9.17) is 4.74 Å². The topological polar surface area (TPSA) is 53.0 Å². The molecule has 3 fully saturated rings. The van der Waals surface area contributed by atoms with Gasteiger partial charge in [0.15, 0.2) is 0 Å². The van der Waals surface area contributed by atoms with E-state index in [2.05, 4.69) is 16.8 Å². The molecule has 3 aliphatic rings. The summed E-state index contributed by atoms with van der Waals surface area (Å²) in [5, 5.41) is 9.26. The van der Waals surface area contributed by atoms with E-state index >= 15 is 0 Å². The van der Waals surface area contributed by atoms with Gasteiger partial charge in [0.05, 0.1) is 25.3 Å². The first kappa shape index (κ1) is 17.2. The minimum Gasteiger partial charge on any atom is -0.396 e. The summed E-state index contributed by atoms with van der Waals surface area (Å²) >= 11 is 0. The van der Waals surface area contributed by atoms with Crippen molar-refractivity contribution in [2.75, 3.05) is 33.4 Å². The smallest absolute Gasteiger partial charge is 0.237 e. The van der Waals surface area contributed by atoms with Crippen molar-refractivity contribution >= 4 is 5.91 Å². The summed E-state index contributed by atoms with van der Waals surface area (Å²) in [6.07, 6.45) is 9.30. The molecule has 2 unspecified atom stereocenters. The first-order valence-electron chi connectivity index (χ1n) is 9.41. The van der Waals surface area contributed by atoms with E-state index in [-0.39, 0.29) is 12.0 Å². The van der Waals surface area contributed by atoms with Gasteiger partial charge in [-0.3, -0.25) is 9.69 Å². The fourth-order valence-corrected chi connectivity index (χ4v) is 4.61. The van der Waals surface area contributed by atoms with Crippen LogP contribution in [0.2, 0.25) is 0 Å². The lowest BCUT2D eigenvalue weighted by molar-refractivity contribution is -0.151. The molecular formula is C18H32N2O3. The van der Waals surface area contributed by atoms with Gasteiger partial charge in [0.25, 0.3) is 0 Å². The molecule has 1 N–H and O–H groups in total. The van der Waals surface area contributed by atoms with Gasteiger partial charge in [-0.25, -0.2) is 0 Å². The Morgan fingerprint density at radius 2 is 1.91 bits per heavy atom. The third-order valence-electron chi connectivity index (χ3n) is 6.13. The number of aliphatic hydroxyl groups excluding tert-OH is 1. The van der Waals surface area contributed by atoms with Crippen LogP contribution in [0.15, 0.2) is 0 Å². The molecule has 0 spiro atoms. The Bertz CT molecular complexity index is 394. The van der Waals surface area contributed by atoms with Gasteiger partial charge in [-0.05, 0) is 51.5 Å². The lowest BCUT2D eigenvalue weighted by Gasteiger charge is -2.44. The third kappa shape index (κ3) is 4.06. The minimum absolute atomic E-state index is 0.270. The molecule has 2 aliphatic carbocycles. The maximum absolute atomic E-state index is 12.8. The summed E-state index contributed by atoms with van der Waals surface area (Å²) in [5.41, 5.74) is 0. The van der Waals surface area contributed by atoms with Gasteiger partial charge in [-0.1, -0.05) is 12.8 Å². The number of rotatable bonds is 4. The van der Waals surface area contributed by atoms with E-state index in [9.17, 15) is 9.90 Å².